The molecule has 0 spiro atoms. The van der Waals surface area contributed by atoms with Crippen LogP contribution in [0.15, 0.2) is 46.9 Å². The fraction of sp³-hybridized carbons (Fsp3) is 0.0588. The first-order valence-electron chi connectivity index (χ1n) is 6.83. The minimum absolute atomic E-state index is 0.0434. The van der Waals surface area contributed by atoms with E-state index >= 15 is 0 Å². The normalized spacial score (nSPS) is 10.7. The molecule has 0 atom stereocenters. The molecule has 0 saturated carbocycles. The molecule has 7 heteroatoms. The van der Waals surface area contributed by atoms with Crippen LogP contribution in [-0.2, 0) is 0 Å². The highest BCUT2D eigenvalue weighted by Crippen LogP contribution is 2.37. The summed E-state index contributed by atoms with van der Waals surface area (Å²) in [6.07, 6.45) is 0. The third kappa shape index (κ3) is 3.12. The molecule has 1 heterocycles. The molecule has 0 saturated heterocycles. The van der Waals surface area contributed by atoms with Crippen molar-refractivity contribution in [1.29, 1.82) is 0 Å². The molecular formula is C17H10BrClF2N2O. The second kappa shape index (κ2) is 6.83. The van der Waals surface area contributed by atoms with Crippen LogP contribution in [0.1, 0.15) is 0 Å². The molecule has 0 bridgehead atoms. The second-order valence-electron chi connectivity index (χ2n) is 4.83. The number of hydrogen-bond acceptors (Lipinski definition) is 3. The zero-order chi connectivity index (χ0) is 17.3. The number of ether oxygens (including phenoxy) is 1. The number of benzene rings is 2. The van der Waals surface area contributed by atoms with Crippen LogP contribution in [0, 0.1) is 11.6 Å². The second-order valence-corrected chi connectivity index (χ2v) is 6.10. The first-order chi connectivity index (χ1) is 11.5. The number of halogens is 4. The molecule has 0 aliphatic rings. The first kappa shape index (κ1) is 16.8. The number of hydrogen-bond donors (Lipinski definition) is 0. The molecule has 2 aromatic carbocycles. The molecule has 122 valence electrons. The molecule has 0 amide bonds. The summed E-state index contributed by atoms with van der Waals surface area (Å²) >= 11 is 9.61. The Bertz CT molecular complexity index is 884. The lowest BCUT2D eigenvalue weighted by atomic mass is 10.1. The summed E-state index contributed by atoms with van der Waals surface area (Å²) in [5.41, 5.74) is 0.827. The number of aromatic nitrogens is 2. The van der Waals surface area contributed by atoms with Gasteiger partial charge in [-0.1, -0.05) is 45.7 Å². The Kier molecular flexibility index (Phi) is 4.78. The molecule has 3 rings (SSSR count). The van der Waals surface area contributed by atoms with Crippen LogP contribution < -0.4 is 4.74 Å². The topological polar surface area (TPSA) is 35.0 Å². The maximum atomic E-state index is 14.0. The van der Waals surface area contributed by atoms with Gasteiger partial charge in [-0.15, -0.1) is 0 Å². The van der Waals surface area contributed by atoms with E-state index in [2.05, 4.69) is 25.9 Å². The van der Waals surface area contributed by atoms with E-state index < -0.39 is 11.6 Å². The monoisotopic (exact) mass is 410 g/mol. The van der Waals surface area contributed by atoms with E-state index in [1.165, 1.54) is 13.2 Å². The molecule has 24 heavy (non-hydrogen) atoms. The molecule has 3 aromatic rings. The molecule has 0 aliphatic carbocycles. The number of rotatable bonds is 3. The lowest BCUT2D eigenvalue weighted by molar-refractivity contribution is 0.399. The lowest BCUT2D eigenvalue weighted by Crippen LogP contribution is -2.01. The van der Waals surface area contributed by atoms with Crippen molar-refractivity contribution < 1.29 is 13.5 Å². The third-order valence-electron chi connectivity index (χ3n) is 3.34. The summed E-state index contributed by atoms with van der Waals surface area (Å²) in [5, 5.41) is 0.0434. The van der Waals surface area contributed by atoms with Gasteiger partial charge in [0.15, 0.2) is 5.82 Å². The van der Waals surface area contributed by atoms with Crippen LogP contribution in [0.4, 0.5) is 8.78 Å². The summed E-state index contributed by atoms with van der Waals surface area (Å²) in [6, 6.07) is 10.8. The average Bonchev–Trinajstić information content (AvgIpc) is 2.55. The highest BCUT2D eigenvalue weighted by molar-refractivity contribution is 9.10. The van der Waals surface area contributed by atoms with Crippen molar-refractivity contribution in [3.05, 3.63) is 63.7 Å². The summed E-state index contributed by atoms with van der Waals surface area (Å²) in [6.45, 7) is 0. The van der Waals surface area contributed by atoms with Gasteiger partial charge in [0.05, 0.1) is 18.2 Å². The highest BCUT2D eigenvalue weighted by Gasteiger charge is 2.20. The Morgan fingerprint density at radius 3 is 2.17 bits per heavy atom. The summed E-state index contributed by atoms with van der Waals surface area (Å²) in [7, 11) is 1.41. The average molecular weight is 412 g/mol. The minimum Gasteiger partial charge on any atom is -0.480 e. The van der Waals surface area contributed by atoms with Crippen molar-refractivity contribution in [3.8, 4) is 28.4 Å². The predicted molar refractivity (Wildman–Crippen MR) is 92.1 cm³/mol. The van der Waals surface area contributed by atoms with Gasteiger partial charge in [-0.2, -0.15) is 4.98 Å². The molecule has 1 aromatic heterocycles. The largest absolute Gasteiger partial charge is 0.480 e. The van der Waals surface area contributed by atoms with E-state index in [4.69, 9.17) is 16.3 Å². The zero-order valence-electron chi connectivity index (χ0n) is 12.4. The van der Waals surface area contributed by atoms with E-state index in [1.807, 2.05) is 12.1 Å². The minimum atomic E-state index is -0.774. The fourth-order valence-corrected chi connectivity index (χ4v) is 2.78. The Morgan fingerprint density at radius 2 is 1.58 bits per heavy atom. The quantitative estimate of drug-likeness (QED) is 0.533. The van der Waals surface area contributed by atoms with Gasteiger partial charge in [0.1, 0.15) is 16.8 Å². The van der Waals surface area contributed by atoms with Crippen molar-refractivity contribution in [3.63, 3.8) is 0 Å². The third-order valence-corrected chi connectivity index (χ3v) is 4.15. The maximum absolute atomic E-state index is 14.0. The van der Waals surface area contributed by atoms with Crippen molar-refractivity contribution >= 4 is 27.5 Å². The van der Waals surface area contributed by atoms with Gasteiger partial charge in [0, 0.05) is 4.47 Å². The molecule has 0 unspecified atom stereocenters. The van der Waals surface area contributed by atoms with Crippen LogP contribution >= 0.6 is 27.5 Å². The van der Waals surface area contributed by atoms with Gasteiger partial charge >= 0.3 is 0 Å². The van der Waals surface area contributed by atoms with E-state index in [1.54, 1.807) is 12.1 Å². The molecule has 0 N–H and O–H groups in total. The van der Waals surface area contributed by atoms with E-state index in [0.29, 0.717) is 5.56 Å². The Balaban J connectivity index is 2.20. The van der Waals surface area contributed by atoms with Gasteiger partial charge in [-0.25, -0.2) is 13.8 Å². The Morgan fingerprint density at radius 1 is 0.958 bits per heavy atom. The Hall–Kier alpha value is -2.05. The highest BCUT2D eigenvalue weighted by atomic mass is 79.9. The van der Waals surface area contributed by atoms with Crippen LogP contribution in [0.5, 0.6) is 5.88 Å². The maximum Gasteiger partial charge on any atom is 0.226 e. The molecule has 0 radical (unpaired) electrons. The van der Waals surface area contributed by atoms with E-state index in [-0.39, 0.29) is 22.4 Å². The van der Waals surface area contributed by atoms with E-state index in [0.717, 1.165) is 22.2 Å². The van der Waals surface area contributed by atoms with Crippen molar-refractivity contribution in [2.75, 3.05) is 7.11 Å². The van der Waals surface area contributed by atoms with Crippen molar-refractivity contribution in [1.82, 2.24) is 9.97 Å². The number of methoxy groups -OCH3 is 1. The first-order valence-corrected chi connectivity index (χ1v) is 8.00. The van der Waals surface area contributed by atoms with Crippen LogP contribution in [-0.4, -0.2) is 17.1 Å². The Labute approximate surface area is 150 Å². The summed E-state index contributed by atoms with van der Waals surface area (Å²) < 4.78 is 34.1. The standard InChI is InChI=1S/C17H10BrClF2N2O/c1-24-17-13(9-5-7-10(18)8-6-9)15(19)22-16(23-17)14-11(20)3-2-4-12(14)21/h2-8H,1H3. The SMILES string of the molecule is COc1nc(-c2c(F)cccc2F)nc(Cl)c1-c1ccc(Br)cc1. The van der Waals surface area contributed by atoms with Crippen LogP contribution in [0.3, 0.4) is 0 Å². The summed E-state index contributed by atoms with van der Waals surface area (Å²) in [4.78, 5) is 8.19. The van der Waals surface area contributed by atoms with Gasteiger partial charge < -0.3 is 4.74 Å². The van der Waals surface area contributed by atoms with E-state index in [9.17, 15) is 8.78 Å². The van der Waals surface area contributed by atoms with Crippen LogP contribution in [0.2, 0.25) is 5.15 Å². The smallest absolute Gasteiger partial charge is 0.226 e. The van der Waals surface area contributed by atoms with Gasteiger partial charge in [-0.05, 0) is 29.8 Å². The fourth-order valence-electron chi connectivity index (χ4n) is 2.24. The van der Waals surface area contributed by atoms with Gasteiger partial charge in [-0.3, -0.25) is 0 Å². The van der Waals surface area contributed by atoms with Crippen LogP contribution in [0.25, 0.3) is 22.5 Å². The van der Waals surface area contributed by atoms with Crippen molar-refractivity contribution in [2.24, 2.45) is 0 Å². The number of nitrogens with zero attached hydrogens (tertiary/aromatic N) is 2. The zero-order valence-corrected chi connectivity index (χ0v) is 14.7. The lowest BCUT2D eigenvalue weighted by Gasteiger charge is -2.12. The van der Waals surface area contributed by atoms with Gasteiger partial charge in [0.25, 0.3) is 0 Å². The predicted octanol–water partition coefficient (Wildman–Crippen LogP) is 5.51. The molecule has 0 fully saturated rings. The molecular weight excluding hydrogens is 402 g/mol. The van der Waals surface area contributed by atoms with Gasteiger partial charge in [0.2, 0.25) is 5.88 Å². The van der Waals surface area contributed by atoms with Crippen molar-refractivity contribution in [2.45, 2.75) is 0 Å². The molecule has 3 nitrogen and oxygen atoms in total. The molecule has 0 aliphatic heterocycles. The summed E-state index contributed by atoms with van der Waals surface area (Å²) in [5.74, 6) is -1.59.